The Morgan fingerprint density at radius 3 is 2.37 bits per heavy atom. The molecule has 11 nitrogen and oxygen atoms in total. The van der Waals surface area contributed by atoms with E-state index >= 15 is 0 Å². The lowest BCUT2D eigenvalue weighted by Crippen LogP contribution is -2.45. The summed E-state index contributed by atoms with van der Waals surface area (Å²) in [4.78, 5) is 26.9. The molecule has 4 N–H and O–H groups in total. The Kier molecular flexibility index (Phi) is 9.28. The van der Waals surface area contributed by atoms with E-state index in [1.165, 1.54) is 43.3 Å². The van der Waals surface area contributed by atoms with Gasteiger partial charge >= 0.3 is 6.09 Å². The monoisotopic (exact) mass is 581 g/mol. The molecule has 0 aromatic heterocycles. The van der Waals surface area contributed by atoms with Gasteiger partial charge in [0.2, 0.25) is 10.0 Å². The van der Waals surface area contributed by atoms with E-state index in [1.54, 1.807) is 12.1 Å². The number of ether oxygens (including phenoxy) is 2. The summed E-state index contributed by atoms with van der Waals surface area (Å²) in [5.74, 6) is -0.0167. The highest BCUT2D eigenvalue weighted by atomic mass is 32.2. The van der Waals surface area contributed by atoms with Crippen molar-refractivity contribution in [3.63, 3.8) is 0 Å². The van der Waals surface area contributed by atoms with Gasteiger partial charge in [0.25, 0.3) is 5.91 Å². The summed E-state index contributed by atoms with van der Waals surface area (Å²) in [5, 5.41) is 21.9. The molecule has 3 aromatic rings. The molecule has 0 fully saturated rings. The van der Waals surface area contributed by atoms with Crippen LogP contribution in [0.3, 0.4) is 0 Å². The van der Waals surface area contributed by atoms with Crippen molar-refractivity contribution in [2.24, 2.45) is 0 Å². The van der Waals surface area contributed by atoms with Crippen LogP contribution in [-0.4, -0.2) is 68.9 Å². The van der Waals surface area contributed by atoms with Crippen LogP contribution in [0.1, 0.15) is 27.9 Å². The second-order valence-corrected chi connectivity index (χ2v) is 11.1. The van der Waals surface area contributed by atoms with Gasteiger partial charge in [0.1, 0.15) is 6.61 Å². The number of amides is 2. The zero-order valence-corrected chi connectivity index (χ0v) is 23.3. The molecule has 0 aliphatic carbocycles. The Bertz CT molecular complexity index is 1540. The SMILES string of the molecule is CNS(=O)(=O)c1ccc(C2=CCN(C(=O)c3cc(OC)c(OCc4ccccc4)cc3NC(=O)O)C(CO)C2)cc1. The number of benzene rings is 3. The van der Waals surface area contributed by atoms with E-state index in [0.717, 1.165) is 16.7 Å². The minimum atomic E-state index is -3.58. The van der Waals surface area contributed by atoms with Crippen LogP contribution in [0.15, 0.2) is 77.7 Å². The standard InChI is InChI=1S/C29H31N3O8S/c1-30-41(37,38)23-10-8-20(9-11-23)21-12-13-32(22(14-21)17-33)28(34)24-15-26(39-2)27(16-25(24)31-29(35)36)40-18-19-6-4-3-5-7-19/h3-12,15-16,22,30-31,33H,13-14,17-18H2,1-2H3,(H,35,36). The minimum Gasteiger partial charge on any atom is -0.493 e. The second kappa shape index (κ2) is 12.9. The average molecular weight is 582 g/mol. The van der Waals surface area contributed by atoms with Crippen LogP contribution in [0.2, 0.25) is 0 Å². The van der Waals surface area contributed by atoms with Crippen LogP contribution < -0.4 is 19.5 Å². The lowest BCUT2D eigenvalue weighted by atomic mass is 9.93. The van der Waals surface area contributed by atoms with Gasteiger partial charge in [-0.2, -0.15) is 0 Å². The Morgan fingerprint density at radius 2 is 1.76 bits per heavy atom. The van der Waals surface area contributed by atoms with Crippen molar-refractivity contribution >= 4 is 33.3 Å². The number of methoxy groups -OCH3 is 1. The predicted molar refractivity (Wildman–Crippen MR) is 153 cm³/mol. The van der Waals surface area contributed by atoms with Crippen molar-refractivity contribution in [3.05, 3.63) is 89.5 Å². The summed E-state index contributed by atoms with van der Waals surface area (Å²) in [5.41, 5.74) is 2.54. The van der Waals surface area contributed by atoms with Crippen LogP contribution in [0.25, 0.3) is 5.57 Å². The summed E-state index contributed by atoms with van der Waals surface area (Å²) in [6.45, 7) is -0.00536. The van der Waals surface area contributed by atoms with Crippen LogP contribution >= 0.6 is 0 Å². The van der Waals surface area contributed by atoms with Crippen LogP contribution in [0, 0.1) is 0 Å². The number of carbonyl (C=O) groups is 2. The highest BCUT2D eigenvalue weighted by Gasteiger charge is 2.31. The minimum absolute atomic E-state index is 0.0131. The number of aliphatic hydroxyl groups is 1. The van der Waals surface area contributed by atoms with E-state index in [0.29, 0.717) is 6.42 Å². The van der Waals surface area contributed by atoms with Gasteiger partial charge in [-0.3, -0.25) is 10.1 Å². The maximum atomic E-state index is 13.7. The number of hydrogen-bond donors (Lipinski definition) is 4. The smallest absolute Gasteiger partial charge is 0.409 e. The van der Waals surface area contributed by atoms with Gasteiger partial charge in [-0.15, -0.1) is 0 Å². The largest absolute Gasteiger partial charge is 0.493 e. The van der Waals surface area contributed by atoms with Crippen molar-refractivity contribution < 1.29 is 37.7 Å². The maximum Gasteiger partial charge on any atom is 0.409 e. The number of aliphatic hydroxyl groups excluding tert-OH is 1. The molecule has 12 heteroatoms. The number of hydrogen-bond acceptors (Lipinski definition) is 7. The first kappa shape index (κ1) is 29.6. The normalized spacial score (nSPS) is 15.1. The van der Waals surface area contributed by atoms with Gasteiger partial charge in [0.15, 0.2) is 11.5 Å². The number of rotatable bonds is 10. The number of carboxylic acid groups (broad SMARTS) is 1. The van der Waals surface area contributed by atoms with Gasteiger partial charge in [-0.05, 0) is 48.4 Å². The van der Waals surface area contributed by atoms with Crippen LogP contribution in [0.5, 0.6) is 11.5 Å². The summed E-state index contributed by atoms with van der Waals surface area (Å²) in [7, 11) is -0.825. The number of anilines is 1. The van der Waals surface area contributed by atoms with Gasteiger partial charge in [0.05, 0.1) is 35.9 Å². The molecule has 1 aliphatic rings. The van der Waals surface area contributed by atoms with Crippen molar-refractivity contribution in [3.8, 4) is 11.5 Å². The lowest BCUT2D eigenvalue weighted by molar-refractivity contribution is 0.0619. The molecule has 0 saturated carbocycles. The molecule has 4 rings (SSSR count). The molecule has 1 unspecified atom stereocenters. The van der Waals surface area contributed by atoms with E-state index < -0.39 is 28.1 Å². The first-order valence-corrected chi connectivity index (χ1v) is 14.2. The Hall–Kier alpha value is -4.39. The van der Waals surface area contributed by atoms with Crippen LogP contribution in [-0.2, 0) is 16.6 Å². The van der Waals surface area contributed by atoms with E-state index in [2.05, 4.69) is 10.0 Å². The summed E-state index contributed by atoms with van der Waals surface area (Å²) in [6.07, 6.45) is 0.767. The van der Waals surface area contributed by atoms with Gasteiger partial charge in [0, 0.05) is 12.6 Å². The fraction of sp³-hybridized carbons (Fsp3) is 0.241. The molecule has 1 heterocycles. The van der Waals surface area contributed by atoms with Crippen molar-refractivity contribution in [1.82, 2.24) is 9.62 Å². The quantitative estimate of drug-likeness (QED) is 0.283. The molecular formula is C29H31N3O8S. The first-order valence-electron chi connectivity index (χ1n) is 12.7. The van der Waals surface area contributed by atoms with Crippen molar-refractivity contribution in [2.75, 3.05) is 32.6 Å². The van der Waals surface area contributed by atoms with Crippen LogP contribution in [0.4, 0.5) is 10.5 Å². The average Bonchev–Trinajstić information content (AvgIpc) is 2.99. The van der Waals surface area contributed by atoms with Crippen molar-refractivity contribution in [1.29, 1.82) is 0 Å². The molecule has 3 aromatic carbocycles. The number of nitrogens with zero attached hydrogens (tertiary/aromatic N) is 1. The van der Waals surface area contributed by atoms with Crippen molar-refractivity contribution in [2.45, 2.75) is 24.0 Å². The third kappa shape index (κ3) is 6.85. The summed E-state index contributed by atoms with van der Waals surface area (Å²) < 4.78 is 37.7. The first-order chi connectivity index (χ1) is 19.7. The summed E-state index contributed by atoms with van der Waals surface area (Å²) >= 11 is 0. The third-order valence-corrected chi connectivity index (χ3v) is 8.15. The van der Waals surface area contributed by atoms with E-state index in [9.17, 15) is 28.2 Å². The summed E-state index contributed by atoms with van der Waals surface area (Å²) in [6, 6.07) is 17.9. The molecule has 0 saturated heterocycles. The fourth-order valence-electron chi connectivity index (χ4n) is 4.54. The van der Waals surface area contributed by atoms with E-state index in [4.69, 9.17) is 9.47 Å². The number of nitrogens with one attached hydrogen (secondary N) is 2. The number of sulfonamides is 1. The highest BCUT2D eigenvalue weighted by molar-refractivity contribution is 7.89. The molecule has 0 bridgehead atoms. The van der Waals surface area contributed by atoms with E-state index in [1.807, 2.05) is 36.4 Å². The molecular weight excluding hydrogens is 550 g/mol. The fourth-order valence-corrected chi connectivity index (χ4v) is 5.27. The predicted octanol–water partition coefficient (Wildman–Crippen LogP) is 3.56. The van der Waals surface area contributed by atoms with E-state index in [-0.39, 0.29) is 47.4 Å². The Balaban J connectivity index is 1.61. The molecule has 1 atom stereocenters. The molecule has 0 spiro atoms. The molecule has 216 valence electrons. The Morgan fingerprint density at radius 1 is 1.05 bits per heavy atom. The third-order valence-electron chi connectivity index (χ3n) is 6.72. The van der Waals surface area contributed by atoms with Gasteiger partial charge in [-0.25, -0.2) is 17.9 Å². The number of carbonyl (C=O) groups excluding carboxylic acids is 1. The van der Waals surface area contributed by atoms with Gasteiger partial charge < -0.3 is 24.6 Å². The molecule has 1 aliphatic heterocycles. The maximum absolute atomic E-state index is 13.7. The zero-order chi connectivity index (χ0) is 29.6. The molecule has 0 radical (unpaired) electrons. The zero-order valence-electron chi connectivity index (χ0n) is 22.5. The lowest BCUT2D eigenvalue weighted by Gasteiger charge is -2.35. The molecule has 41 heavy (non-hydrogen) atoms. The molecule has 2 amide bonds. The Labute approximate surface area is 238 Å². The topological polar surface area (TPSA) is 154 Å². The highest BCUT2D eigenvalue weighted by Crippen LogP contribution is 2.36. The second-order valence-electron chi connectivity index (χ2n) is 9.21. The van der Waals surface area contributed by atoms with Gasteiger partial charge in [-0.1, -0.05) is 48.5 Å².